The zero-order valence-electron chi connectivity index (χ0n) is 17.2. The van der Waals surface area contributed by atoms with E-state index in [4.69, 9.17) is 37.8 Å². The van der Waals surface area contributed by atoms with Crippen LogP contribution in [0.15, 0.2) is 36.4 Å². The summed E-state index contributed by atoms with van der Waals surface area (Å²) >= 11 is 11.8. The van der Waals surface area contributed by atoms with E-state index >= 15 is 0 Å². The van der Waals surface area contributed by atoms with Gasteiger partial charge in [-0.25, -0.2) is 4.79 Å². The van der Waals surface area contributed by atoms with Gasteiger partial charge in [0.1, 0.15) is 18.1 Å². The topological polar surface area (TPSA) is 94.1 Å². The Kier molecular flexibility index (Phi) is 9.63. The molecule has 0 aromatic heterocycles. The largest absolute Gasteiger partial charge is 0.496 e. The lowest BCUT2D eigenvalue weighted by Gasteiger charge is -2.17. The maximum atomic E-state index is 12.4. The molecule has 0 aliphatic carbocycles. The highest BCUT2D eigenvalue weighted by molar-refractivity contribution is 6.35. The summed E-state index contributed by atoms with van der Waals surface area (Å²) in [6, 6.07) is 9.08. The Morgan fingerprint density at radius 1 is 1.12 bits per heavy atom. The van der Waals surface area contributed by atoms with E-state index in [1.165, 1.54) is 37.4 Å². The molecule has 180 valence electrons. The lowest BCUT2D eigenvalue weighted by molar-refractivity contribution is -0.192. The molecule has 12 heteroatoms. The van der Waals surface area contributed by atoms with Gasteiger partial charge >= 0.3 is 12.1 Å². The van der Waals surface area contributed by atoms with Crippen molar-refractivity contribution in [1.82, 2.24) is 5.32 Å². The second kappa shape index (κ2) is 12.0. The summed E-state index contributed by atoms with van der Waals surface area (Å²) in [5.74, 6) is -1.34. The van der Waals surface area contributed by atoms with E-state index in [1.54, 1.807) is 6.07 Å². The number of methoxy groups -OCH3 is 1. The van der Waals surface area contributed by atoms with Crippen molar-refractivity contribution in [3.63, 3.8) is 0 Å². The first-order chi connectivity index (χ1) is 15.5. The third kappa shape index (κ3) is 8.99. The van der Waals surface area contributed by atoms with E-state index in [-0.39, 0.29) is 30.3 Å². The SMILES string of the molecule is COc1ccc(CC(OCC(F)(F)F)C(=O)O)cc1CNC(=O)COc1ccc(Cl)cc1Cl. The van der Waals surface area contributed by atoms with Crippen LogP contribution in [0.4, 0.5) is 13.2 Å². The van der Waals surface area contributed by atoms with E-state index in [2.05, 4.69) is 10.1 Å². The zero-order chi connectivity index (χ0) is 24.6. The fourth-order valence-corrected chi connectivity index (χ4v) is 3.17. The fourth-order valence-electron chi connectivity index (χ4n) is 2.70. The molecule has 0 spiro atoms. The number of carboxylic acid groups (broad SMARTS) is 1. The number of carbonyl (C=O) groups is 2. The van der Waals surface area contributed by atoms with Crippen LogP contribution in [-0.4, -0.2) is 49.6 Å². The smallest absolute Gasteiger partial charge is 0.411 e. The third-order valence-electron chi connectivity index (χ3n) is 4.22. The van der Waals surface area contributed by atoms with Crippen molar-refractivity contribution in [3.05, 3.63) is 57.6 Å². The molecule has 2 N–H and O–H groups in total. The second-order valence-electron chi connectivity index (χ2n) is 6.74. The molecule has 0 aliphatic heterocycles. The minimum Gasteiger partial charge on any atom is -0.496 e. The number of benzene rings is 2. The van der Waals surface area contributed by atoms with Crippen molar-refractivity contribution in [1.29, 1.82) is 0 Å². The maximum absolute atomic E-state index is 12.4. The Morgan fingerprint density at radius 2 is 1.82 bits per heavy atom. The Morgan fingerprint density at radius 3 is 2.42 bits per heavy atom. The van der Waals surface area contributed by atoms with Crippen LogP contribution < -0.4 is 14.8 Å². The van der Waals surface area contributed by atoms with Gasteiger partial charge in [-0.2, -0.15) is 13.2 Å². The highest BCUT2D eigenvalue weighted by Gasteiger charge is 2.31. The molecule has 0 fully saturated rings. The first kappa shape index (κ1) is 26.6. The molecule has 7 nitrogen and oxygen atoms in total. The standard InChI is InChI=1S/C21H20Cl2F3NO6/c1-31-16-4-2-12(7-18(20(29)30)33-11-21(24,25)26)6-13(16)9-27-19(28)10-32-17-5-3-14(22)8-15(17)23/h2-6,8,18H,7,9-11H2,1H3,(H,27,28)(H,29,30). The van der Waals surface area contributed by atoms with E-state index in [1.807, 2.05) is 0 Å². The average molecular weight is 510 g/mol. The van der Waals surface area contributed by atoms with Crippen LogP contribution in [0.1, 0.15) is 11.1 Å². The molecule has 33 heavy (non-hydrogen) atoms. The monoisotopic (exact) mass is 509 g/mol. The normalized spacial score (nSPS) is 12.2. The molecular formula is C21H20Cl2F3NO6. The van der Waals surface area contributed by atoms with Gasteiger partial charge in [0.25, 0.3) is 5.91 Å². The van der Waals surface area contributed by atoms with E-state index < -0.39 is 30.8 Å². The van der Waals surface area contributed by atoms with Gasteiger partial charge in [0, 0.05) is 23.6 Å². The van der Waals surface area contributed by atoms with Crippen LogP contribution in [-0.2, 0) is 27.3 Å². The Hall–Kier alpha value is -2.69. The predicted molar refractivity (Wildman–Crippen MR) is 114 cm³/mol. The highest BCUT2D eigenvalue weighted by atomic mass is 35.5. The minimum atomic E-state index is -4.65. The van der Waals surface area contributed by atoms with Gasteiger partial charge in [0.05, 0.1) is 12.1 Å². The summed E-state index contributed by atoms with van der Waals surface area (Å²) in [5, 5.41) is 12.4. The first-order valence-corrected chi connectivity index (χ1v) is 10.2. The molecule has 0 radical (unpaired) electrons. The Balaban J connectivity index is 2.00. The molecule has 0 heterocycles. The van der Waals surface area contributed by atoms with Crippen molar-refractivity contribution in [2.24, 2.45) is 0 Å². The second-order valence-corrected chi connectivity index (χ2v) is 7.59. The summed E-state index contributed by atoms with van der Waals surface area (Å²) in [4.78, 5) is 23.4. The summed E-state index contributed by atoms with van der Waals surface area (Å²) < 4.78 is 52.2. The van der Waals surface area contributed by atoms with E-state index in [9.17, 15) is 22.8 Å². The summed E-state index contributed by atoms with van der Waals surface area (Å²) in [6.07, 6.45) is -6.66. The molecule has 2 aromatic carbocycles. The first-order valence-electron chi connectivity index (χ1n) is 9.40. The van der Waals surface area contributed by atoms with Crippen molar-refractivity contribution < 1.29 is 42.1 Å². The van der Waals surface area contributed by atoms with E-state index in [0.717, 1.165) is 0 Å². The number of alkyl halides is 3. The highest BCUT2D eigenvalue weighted by Crippen LogP contribution is 2.27. The van der Waals surface area contributed by atoms with Gasteiger partial charge in [0.2, 0.25) is 0 Å². The van der Waals surface area contributed by atoms with Crippen molar-refractivity contribution in [2.75, 3.05) is 20.3 Å². The third-order valence-corrected chi connectivity index (χ3v) is 4.75. The number of hydrogen-bond donors (Lipinski definition) is 2. The number of amides is 1. The fraction of sp³-hybridized carbons (Fsp3) is 0.333. The minimum absolute atomic E-state index is 0.00525. The average Bonchev–Trinajstić information content (AvgIpc) is 2.73. The number of nitrogens with one attached hydrogen (secondary N) is 1. The quantitative estimate of drug-likeness (QED) is 0.469. The summed E-state index contributed by atoms with van der Waals surface area (Å²) in [5.41, 5.74) is 0.867. The van der Waals surface area contributed by atoms with Gasteiger partial charge < -0.3 is 24.6 Å². The Bertz CT molecular complexity index is 987. The number of hydrogen-bond acceptors (Lipinski definition) is 5. The number of carbonyl (C=O) groups excluding carboxylic acids is 1. The van der Waals surface area contributed by atoms with Crippen molar-refractivity contribution in [3.8, 4) is 11.5 Å². The lowest BCUT2D eigenvalue weighted by atomic mass is 10.0. The van der Waals surface area contributed by atoms with Gasteiger partial charge in [-0.05, 0) is 29.8 Å². The lowest BCUT2D eigenvalue weighted by Crippen LogP contribution is -2.31. The van der Waals surface area contributed by atoms with Gasteiger partial charge in [-0.3, -0.25) is 4.79 Å². The molecule has 0 bridgehead atoms. The number of ether oxygens (including phenoxy) is 3. The van der Waals surface area contributed by atoms with E-state index in [0.29, 0.717) is 21.9 Å². The van der Waals surface area contributed by atoms with Gasteiger partial charge in [-0.15, -0.1) is 0 Å². The van der Waals surface area contributed by atoms with Crippen LogP contribution in [0.5, 0.6) is 11.5 Å². The predicted octanol–water partition coefficient (Wildman–Crippen LogP) is 4.27. The van der Waals surface area contributed by atoms with Gasteiger partial charge in [-0.1, -0.05) is 35.3 Å². The zero-order valence-corrected chi connectivity index (χ0v) is 18.8. The Labute approximate surface area is 197 Å². The molecule has 1 atom stereocenters. The number of halogens is 5. The summed E-state index contributed by atoms with van der Waals surface area (Å²) in [7, 11) is 1.40. The number of carboxylic acids is 1. The van der Waals surface area contributed by atoms with Crippen LogP contribution >= 0.6 is 23.2 Å². The van der Waals surface area contributed by atoms with Crippen LogP contribution in [0.2, 0.25) is 10.0 Å². The number of aliphatic carboxylic acids is 1. The molecule has 0 saturated carbocycles. The summed E-state index contributed by atoms with van der Waals surface area (Å²) in [6.45, 7) is -2.02. The van der Waals surface area contributed by atoms with Crippen LogP contribution in [0, 0.1) is 0 Å². The molecule has 1 unspecified atom stereocenters. The molecule has 0 aliphatic rings. The molecule has 2 aromatic rings. The maximum Gasteiger partial charge on any atom is 0.411 e. The van der Waals surface area contributed by atoms with Crippen molar-refractivity contribution >= 4 is 35.1 Å². The van der Waals surface area contributed by atoms with Crippen LogP contribution in [0.3, 0.4) is 0 Å². The molecular weight excluding hydrogens is 490 g/mol. The van der Waals surface area contributed by atoms with Crippen molar-refractivity contribution in [2.45, 2.75) is 25.2 Å². The molecule has 0 saturated heterocycles. The molecule has 2 rings (SSSR count). The molecule has 1 amide bonds. The van der Waals surface area contributed by atoms with Gasteiger partial charge in [0.15, 0.2) is 12.7 Å². The van der Waals surface area contributed by atoms with Crippen LogP contribution in [0.25, 0.3) is 0 Å². The number of rotatable bonds is 11.